The number of methoxy groups -OCH3 is 2. The number of rotatable bonds is 5. The van der Waals surface area contributed by atoms with E-state index in [1.807, 2.05) is 0 Å². The highest BCUT2D eigenvalue weighted by Crippen LogP contribution is 2.34. The largest absolute Gasteiger partial charge is 0.496 e. The third-order valence-corrected chi connectivity index (χ3v) is 2.38. The number of isocyanates is 1. The Bertz CT molecular complexity index is 440. The maximum absolute atomic E-state index is 13.4. The Morgan fingerprint density at radius 1 is 1.35 bits per heavy atom. The summed E-state index contributed by atoms with van der Waals surface area (Å²) in [6, 6.07) is 3.17. The molecule has 92 valence electrons. The van der Waals surface area contributed by atoms with E-state index < -0.39 is 6.17 Å². The number of aliphatic imine (C=N–C) groups is 1. The lowest BCUT2D eigenvalue weighted by Crippen LogP contribution is -1.99. The molecule has 0 aliphatic rings. The van der Waals surface area contributed by atoms with Crippen LogP contribution in [0.3, 0.4) is 0 Å². The number of ether oxygens (including phenoxy) is 2. The van der Waals surface area contributed by atoms with E-state index in [-0.39, 0.29) is 6.54 Å². The molecule has 0 amide bonds. The van der Waals surface area contributed by atoms with Crippen LogP contribution in [-0.2, 0) is 11.3 Å². The Hall–Kier alpha value is -1.87. The molecule has 0 aliphatic heterocycles. The van der Waals surface area contributed by atoms with Crippen molar-refractivity contribution in [3.8, 4) is 11.5 Å². The fourth-order valence-electron chi connectivity index (χ4n) is 1.54. The monoisotopic (exact) mass is 239 g/mol. The van der Waals surface area contributed by atoms with E-state index in [1.54, 1.807) is 12.1 Å². The van der Waals surface area contributed by atoms with Crippen LogP contribution in [0.25, 0.3) is 0 Å². The van der Waals surface area contributed by atoms with Crippen LogP contribution in [0, 0.1) is 0 Å². The lowest BCUT2D eigenvalue weighted by Gasteiger charge is -2.14. The average molecular weight is 239 g/mol. The summed E-state index contributed by atoms with van der Waals surface area (Å²) in [7, 11) is 2.95. The standard InChI is InChI=1S/C12H14FNO3/c1-8(13)10-4-9(6-14-7-15)11(16-2)5-12(10)17-3/h4-5,8H,6H2,1-3H3. The molecule has 17 heavy (non-hydrogen) atoms. The van der Waals surface area contributed by atoms with Gasteiger partial charge in [-0.05, 0) is 13.0 Å². The van der Waals surface area contributed by atoms with Crippen LogP contribution in [0.15, 0.2) is 17.1 Å². The van der Waals surface area contributed by atoms with E-state index in [0.717, 1.165) is 0 Å². The zero-order valence-electron chi connectivity index (χ0n) is 9.99. The van der Waals surface area contributed by atoms with Crippen LogP contribution in [-0.4, -0.2) is 20.3 Å². The van der Waals surface area contributed by atoms with E-state index in [2.05, 4.69) is 4.99 Å². The first-order valence-corrected chi connectivity index (χ1v) is 5.06. The van der Waals surface area contributed by atoms with Crippen molar-refractivity contribution in [2.75, 3.05) is 14.2 Å². The van der Waals surface area contributed by atoms with Crippen molar-refractivity contribution in [3.05, 3.63) is 23.3 Å². The van der Waals surface area contributed by atoms with Crippen LogP contribution < -0.4 is 9.47 Å². The lowest BCUT2D eigenvalue weighted by atomic mass is 10.1. The topological polar surface area (TPSA) is 47.9 Å². The summed E-state index contributed by atoms with van der Waals surface area (Å²) in [6.45, 7) is 1.52. The minimum absolute atomic E-state index is 0.108. The molecule has 0 radical (unpaired) electrons. The molecule has 4 nitrogen and oxygen atoms in total. The molecule has 1 unspecified atom stereocenters. The summed E-state index contributed by atoms with van der Waals surface area (Å²) < 4.78 is 23.6. The summed E-state index contributed by atoms with van der Waals surface area (Å²) in [6.07, 6.45) is 0.268. The molecule has 0 saturated heterocycles. The van der Waals surface area contributed by atoms with Gasteiger partial charge in [0, 0.05) is 17.2 Å². The van der Waals surface area contributed by atoms with Gasteiger partial charge < -0.3 is 9.47 Å². The van der Waals surface area contributed by atoms with Crippen LogP contribution in [0.1, 0.15) is 24.2 Å². The number of hydrogen-bond donors (Lipinski definition) is 0. The molecule has 0 aromatic heterocycles. The highest BCUT2D eigenvalue weighted by atomic mass is 19.1. The molecule has 1 atom stereocenters. The minimum atomic E-state index is -1.17. The number of alkyl halides is 1. The molecule has 0 spiro atoms. The van der Waals surface area contributed by atoms with Gasteiger partial charge in [0.1, 0.15) is 17.7 Å². The molecule has 0 aliphatic carbocycles. The molecular weight excluding hydrogens is 225 g/mol. The molecule has 1 aromatic carbocycles. The molecule has 0 N–H and O–H groups in total. The maximum atomic E-state index is 13.4. The van der Waals surface area contributed by atoms with E-state index in [0.29, 0.717) is 22.6 Å². The first kappa shape index (κ1) is 13.2. The second-order valence-corrected chi connectivity index (χ2v) is 3.43. The van der Waals surface area contributed by atoms with Gasteiger partial charge in [0.25, 0.3) is 0 Å². The van der Waals surface area contributed by atoms with Gasteiger partial charge in [-0.25, -0.2) is 14.2 Å². The Balaban J connectivity index is 3.27. The van der Waals surface area contributed by atoms with Gasteiger partial charge in [0.15, 0.2) is 0 Å². The van der Waals surface area contributed by atoms with Crippen LogP contribution in [0.4, 0.5) is 4.39 Å². The third-order valence-electron chi connectivity index (χ3n) is 2.38. The molecule has 0 fully saturated rings. The van der Waals surface area contributed by atoms with Gasteiger partial charge in [-0.15, -0.1) is 0 Å². The Morgan fingerprint density at radius 2 is 2.00 bits per heavy atom. The summed E-state index contributed by atoms with van der Waals surface area (Å²) in [5.74, 6) is 0.918. The zero-order valence-corrected chi connectivity index (χ0v) is 9.99. The predicted octanol–water partition coefficient (Wildman–Crippen LogP) is 2.57. The smallest absolute Gasteiger partial charge is 0.235 e. The first-order valence-electron chi connectivity index (χ1n) is 5.06. The quantitative estimate of drug-likeness (QED) is 0.586. The van der Waals surface area contributed by atoms with Crippen LogP contribution >= 0.6 is 0 Å². The number of carbonyl (C=O) groups excluding carboxylic acids is 1. The molecular formula is C12H14FNO3. The van der Waals surface area contributed by atoms with Crippen molar-refractivity contribution in [1.82, 2.24) is 0 Å². The lowest BCUT2D eigenvalue weighted by molar-refractivity contribution is 0.342. The third kappa shape index (κ3) is 3.04. The number of benzene rings is 1. The number of hydrogen-bond acceptors (Lipinski definition) is 4. The fraction of sp³-hybridized carbons (Fsp3) is 0.417. The van der Waals surface area contributed by atoms with Gasteiger partial charge >= 0.3 is 0 Å². The van der Waals surface area contributed by atoms with Crippen molar-refractivity contribution in [2.45, 2.75) is 19.6 Å². The minimum Gasteiger partial charge on any atom is -0.496 e. The van der Waals surface area contributed by atoms with Crippen molar-refractivity contribution >= 4 is 6.08 Å². The SMILES string of the molecule is COc1cc(OC)c(C(C)F)cc1CN=C=O. The predicted molar refractivity (Wildman–Crippen MR) is 60.9 cm³/mol. The second kappa shape index (κ2) is 6.01. The van der Waals surface area contributed by atoms with Crippen molar-refractivity contribution in [1.29, 1.82) is 0 Å². The van der Waals surface area contributed by atoms with Gasteiger partial charge in [0.05, 0.1) is 20.8 Å². The van der Waals surface area contributed by atoms with Gasteiger partial charge in [-0.3, -0.25) is 0 Å². The second-order valence-electron chi connectivity index (χ2n) is 3.43. The van der Waals surface area contributed by atoms with E-state index >= 15 is 0 Å². The van der Waals surface area contributed by atoms with Gasteiger partial charge in [-0.2, -0.15) is 0 Å². The zero-order chi connectivity index (χ0) is 12.8. The summed E-state index contributed by atoms with van der Waals surface area (Å²) >= 11 is 0. The van der Waals surface area contributed by atoms with Crippen LogP contribution in [0.2, 0.25) is 0 Å². The van der Waals surface area contributed by atoms with Crippen molar-refractivity contribution < 1.29 is 18.7 Å². The van der Waals surface area contributed by atoms with Crippen molar-refractivity contribution in [3.63, 3.8) is 0 Å². The summed E-state index contributed by atoms with van der Waals surface area (Å²) in [4.78, 5) is 13.5. The Kier molecular flexibility index (Phi) is 4.67. The van der Waals surface area contributed by atoms with Gasteiger partial charge in [0.2, 0.25) is 6.08 Å². The highest BCUT2D eigenvalue weighted by Gasteiger charge is 2.15. The van der Waals surface area contributed by atoms with E-state index in [1.165, 1.54) is 27.2 Å². The number of nitrogens with zero attached hydrogens (tertiary/aromatic N) is 1. The maximum Gasteiger partial charge on any atom is 0.235 e. The fourth-order valence-corrected chi connectivity index (χ4v) is 1.54. The Morgan fingerprint density at radius 3 is 2.47 bits per heavy atom. The highest BCUT2D eigenvalue weighted by molar-refractivity contribution is 5.48. The normalized spacial score (nSPS) is 11.5. The first-order chi connectivity index (χ1) is 8.13. The van der Waals surface area contributed by atoms with E-state index in [4.69, 9.17) is 9.47 Å². The Labute approximate surface area is 99.1 Å². The van der Waals surface area contributed by atoms with Crippen LogP contribution in [0.5, 0.6) is 11.5 Å². The van der Waals surface area contributed by atoms with Crippen molar-refractivity contribution in [2.24, 2.45) is 4.99 Å². The van der Waals surface area contributed by atoms with Gasteiger partial charge in [-0.1, -0.05) is 0 Å². The molecule has 0 saturated carbocycles. The van der Waals surface area contributed by atoms with E-state index in [9.17, 15) is 9.18 Å². The number of halogens is 1. The summed E-state index contributed by atoms with van der Waals surface area (Å²) in [5, 5.41) is 0. The molecule has 1 rings (SSSR count). The molecule has 5 heteroatoms. The average Bonchev–Trinajstić information content (AvgIpc) is 2.34. The molecule has 1 aromatic rings. The molecule has 0 heterocycles. The molecule has 0 bridgehead atoms. The summed E-state index contributed by atoms with van der Waals surface area (Å²) in [5.41, 5.74) is 1.03.